The Hall–Kier alpha value is -1.46. The highest BCUT2D eigenvalue weighted by Gasteiger charge is 2.04. The summed E-state index contributed by atoms with van der Waals surface area (Å²) < 4.78 is 10.7. The van der Waals surface area contributed by atoms with E-state index in [0.29, 0.717) is 25.5 Å². The molecule has 2 amide bonds. The fourth-order valence-electron chi connectivity index (χ4n) is 1.76. The van der Waals surface area contributed by atoms with Crippen LogP contribution in [0.3, 0.4) is 0 Å². The monoisotopic (exact) mass is 314 g/mol. The molecule has 1 rings (SSSR count). The summed E-state index contributed by atoms with van der Waals surface area (Å²) >= 11 is 6.08. The zero-order valence-corrected chi connectivity index (χ0v) is 13.5. The average molecular weight is 315 g/mol. The predicted octanol–water partition coefficient (Wildman–Crippen LogP) is 3.02. The van der Waals surface area contributed by atoms with Crippen molar-refractivity contribution in [3.8, 4) is 5.75 Å². The minimum Gasteiger partial charge on any atom is -0.473 e. The van der Waals surface area contributed by atoms with Crippen LogP contribution in [0, 0.1) is 13.8 Å². The average Bonchev–Trinajstić information content (AvgIpc) is 2.44. The van der Waals surface area contributed by atoms with Gasteiger partial charge in [-0.2, -0.15) is 0 Å². The quantitative estimate of drug-likeness (QED) is 0.573. The molecule has 0 aliphatic heterocycles. The highest BCUT2D eigenvalue weighted by Crippen LogP contribution is 2.25. The second-order valence-corrected chi connectivity index (χ2v) is 5.02. The Morgan fingerprint density at radius 3 is 2.52 bits per heavy atom. The summed E-state index contributed by atoms with van der Waals surface area (Å²) in [6.07, 6.45) is 0.789. The zero-order valence-electron chi connectivity index (χ0n) is 12.8. The van der Waals surface area contributed by atoms with E-state index in [1.54, 1.807) is 0 Å². The van der Waals surface area contributed by atoms with Crippen LogP contribution in [0.4, 0.5) is 4.79 Å². The first-order chi connectivity index (χ1) is 10.0. The van der Waals surface area contributed by atoms with Crippen molar-refractivity contribution in [2.24, 2.45) is 0 Å². The Kier molecular flexibility index (Phi) is 7.93. The molecule has 1 aromatic rings. The van der Waals surface area contributed by atoms with E-state index in [2.05, 4.69) is 10.6 Å². The smallest absolute Gasteiger partial charge is 0.317 e. The van der Waals surface area contributed by atoms with Crippen LogP contribution in [0.5, 0.6) is 5.75 Å². The molecule has 0 aliphatic rings. The van der Waals surface area contributed by atoms with Gasteiger partial charge in [-0.3, -0.25) is 0 Å². The minimum absolute atomic E-state index is 0.109. The van der Waals surface area contributed by atoms with Crippen LogP contribution in [0.2, 0.25) is 5.02 Å². The summed E-state index contributed by atoms with van der Waals surface area (Å²) in [6.45, 7) is 7.80. The van der Waals surface area contributed by atoms with Crippen LogP contribution in [0.15, 0.2) is 12.1 Å². The van der Waals surface area contributed by atoms with E-state index < -0.39 is 0 Å². The van der Waals surface area contributed by atoms with Gasteiger partial charge in [0, 0.05) is 24.8 Å². The molecule has 0 saturated carbocycles. The zero-order chi connectivity index (χ0) is 15.7. The Balaban J connectivity index is 2.22. The van der Waals surface area contributed by atoms with E-state index in [1.807, 2.05) is 32.9 Å². The Labute approximate surface area is 131 Å². The van der Waals surface area contributed by atoms with Gasteiger partial charge < -0.3 is 20.1 Å². The largest absolute Gasteiger partial charge is 0.473 e. The molecule has 0 aromatic heterocycles. The van der Waals surface area contributed by atoms with Crippen molar-refractivity contribution in [3.05, 3.63) is 28.3 Å². The molecule has 6 heteroatoms. The molecule has 0 aliphatic carbocycles. The van der Waals surface area contributed by atoms with Crippen molar-refractivity contribution in [2.75, 3.05) is 26.5 Å². The second kappa shape index (κ2) is 9.47. The first-order valence-electron chi connectivity index (χ1n) is 7.03. The van der Waals surface area contributed by atoms with Gasteiger partial charge in [-0.1, -0.05) is 11.6 Å². The van der Waals surface area contributed by atoms with Gasteiger partial charge in [-0.05, 0) is 50.5 Å². The number of halogens is 1. The lowest BCUT2D eigenvalue weighted by molar-refractivity contribution is 0.145. The molecular formula is C15H23ClN2O3. The third-order valence-electron chi connectivity index (χ3n) is 2.84. The SMILES string of the molecule is CCOCCCNC(=O)NCOc1cc(C)c(Cl)c(C)c1. The van der Waals surface area contributed by atoms with Crippen molar-refractivity contribution in [1.29, 1.82) is 0 Å². The number of carbonyl (C=O) groups is 1. The standard InChI is InChI=1S/C15H23ClN2O3/c1-4-20-7-5-6-17-15(19)18-10-21-13-8-11(2)14(16)12(3)9-13/h8-9H,4-7,10H2,1-3H3,(H2,17,18,19). The minimum atomic E-state index is -0.256. The van der Waals surface area contributed by atoms with E-state index in [1.165, 1.54) is 0 Å². The molecule has 2 N–H and O–H groups in total. The third-order valence-corrected chi connectivity index (χ3v) is 3.43. The molecule has 0 bridgehead atoms. The highest BCUT2D eigenvalue weighted by atomic mass is 35.5. The van der Waals surface area contributed by atoms with Crippen LogP contribution in [-0.2, 0) is 4.74 Å². The lowest BCUT2D eigenvalue weighted by Crippen LogP contribution is -2.38. The molecule has 5 nitrogen and oxygen atoms in total. The van der Waals surface area contributed by atoms with E-state index in [-0.39, 0.29) is 12.8 Å². The van der Waals surface area contributed by atoms with Gasteiger partial charge in [0.25, 0.3) is 0 Å². The van der Waals surface area contributed by atoms with E-state index in [0.717, 1.165) is 22.6 Å². The summed E-state index contributed by atoms with van der Waals surface area (Å²) in [5.41, 5.74) is 1.90. The summed E-state index contributed by atoms with van der Waals surface area (Å²) in [7, 11) is 0. The molecule has 0 fully saturated rings. The molecule has 1 aromatic carbocycles. The van der Waals surface area contributed by atoms with E-state index >= 15 is 0 Å². The first-order valence-corrected chi connectivity index (χ1v) is 7.41. The summed E-state index contributed by atoms with van der Waals surface area (Å²) in [5, 5.41) is 6.10. The highest BCUT2D eigenvalue weighted by molar-refractivity contribution is 6.32. The third kappa shape index (κ3) is 6.69. The van der Waals surface area contributed by atoms with Gasteiger partial charge in [0.15, 0.2) is 6.73 Å². The van der Waals surface area contributed by atoms with Crippen LogP contribution in [0.25, 0.3) is 0 Å². The van der Waals surface area contributed by atoms with Crippen molar-refractivity contribution in [3.63, 3.8) is 0 Å². The number of rotatable bonds is 8. The molecule has 21 heavy (non-hydrogen) atoms. The van der Waals surface area contributed by atoms with Gasteiger partial charge in [-0.15, -0.1) is 0 Å². The molecule has 0 unspecified atom stereocenters. The molecule has 0 saturated heterocycles. The maximum Gasteiger partial charge on any atom is 0.317 e. The van der Waals surface area contributed by atoms with Gasteiger partial charge in [-0.25, -0.2) is 4.79 Å². The number of nitrogens with one attached hydrogen (secondary N) is 2. The molecule has 0 spiro atoms. The van der Waals surface area contributed by atoms with Crippen molar-refractivity contribution < 1.29 is 14.3 Å². The lowest BCUT2D eigenvalue weighted by Gasteiger charge is -2.11. The molecule has 0 atom stereocenters. The first kappa shape index (κ1) is 17.6. The van der Waals surface area contributed by atoms with Crippen LogP contribution in [-0.4, -0.2) is 32.5 Å². The molecule has 0 heterocycles. The van der Waals surface area contributed by atoms with Gasteiger partial charge in [0.2, 0.25) is 0 Å². The summed E-state index contributed by atoms with van der Waals surface area (Å²) in [5.74, 6) is 0.686. The molecule has 0 radical (unpaired) electrons. The Morgan fingerprint density at radius 2 is 1.90 bits per heavy atom. The Bertz CT molecular complexity index is 443. The number of aryl methyl sites for hydroxylation is 2. The number of hydrogen-bond donors (Lipinski definition) is 2. The maximum absolute atomic E-state index is 11.5. The van der Waals surface area contributed by atoms with Gasteiger partial charge in [0.1, 0.15) is 5.75 Å². The molecular weight excluding hydrogens is 292 g/mol. The number of hydrogen-bond acceptors (Lipinski definition) is 3. The molecule has 118 valence electrons. The summed E-state index contributed by atoms with van der Waals surface area (Å²) in [4.78, 5) is 11.5. The summed E-state index contributed by atoms with van der Waals surface area (Å²) in [6, 6.07) is 3.43. The maximum atomic E-state index is 11.5. The predicted molar refractivity (Wildman–Crippen MR) is 84.1 cm³/mol. The van der Waals surface area contributed by atoms with Crippen molar-refractivity contribution in [2.45, 2.75) is 27.2 Å². The van der Waals surface area contributed by atoms with Crippen LogP contribution in [0.1, 0.15) is 24.5 Å². The fraction of sp³-hybridized carbons (Fsp3) is 0.533. The topological polar surface area (TPSA) is 59.6 Å². The number of amides is 2. The van der Waals surface area contributed by atoms with Gasteiger partial charge >= 0.3 is 6.03 Å². The normalized spacial score (nSPS) is 10.3. The van der Waals surface area contributed by atoms with Crippen LogP contribution < -0.4 is 15.4 Å². The Morgan fingerprint density at radius 1 is 1.24 bits per heavy atom. The number of ether oxygens (including phenoxy) is 2. The second-order valence-electron chi connectivity index (χ2n) is 4.64. The van der Waals surface area contributed by atoms with Crippen molar-refractivity contribution in [1.82, 2.24) is 10.6 Å². The van der Waals surface area contributed by atoms with Crippen LogP contribution >= 0.6 is 11.6 Å². The van der Waals surface area contributed by atoms with Gasteiger partial charge in [0.05, 0.1) is 0 Å². The number of carbonyl (C=O) groups excluding carboxylic acids is 1. The number of urea groups is 1. The number of benzene rings is 1. The lowest BCUT2D eigenvalue weighted by atomic mass is 10.1. The van der Waals surface area contributed by atoms with E-state index in [4.69, 9.17) is 21.1 Å². The van der Waals surface area contributed by atoms with E-state index in [9.17, 15) is 4.79 Å². The fourth-order valence-corrected chi connectivity index (χ4v) is 1.87. The van der Waals surface area contributed by atoms with Crippen molar-refractivity contribution >= 4 is 17.6 Å².